The molecule has 128 valence electrons. The zero-order valence-corrected chi connectivity index (χ0v) is 14.8. The Kier molecular flexibility index (Phi) is 4.19. The Bertz CT molecular complexity index is 1080. The minimum atomic E-state index is -0.152. The molecule has 5 heteroatoms. The summed E-state index contributed by atoms with van der Waals surface area (Å²) in [6.07, 6.45) is 0. The van der Waals surface area contributed by atoms with E-state index in [1.54, 1.807) is 35.9 Å². The van der Waals surface area contributed by atoms with Crippen LogP contribution < -0.4 is 4.74 Å². The van der Waals surface area contributed by atoms with Crippen molar-refractivity contribution in [1.82, 2.24) is 9.55 Å². The van der Waals surface area contributed by atoms with Crippen molar-refractivity contribution in [1.29, 1.82) is 0 Å². The van der Waals surface area contributed by atoms with E-state index >= 15 is 0 Å². The molecule has 4 nitrogen and oxygen atoms in total. The highest BCUT2D eigenvalue weighted by Crippen LogP contribution is 2.27. The fraction of sp³-hybridized carbons (Fsp3) is 0.0476. The largest absolute Gasteiger partial charge is 0.497 e. The number of rotatable bonds is 3. The number of methoxy groups -OCH3 is 1. The lowest BCUT2D eigenvalue weighted by molar-refractivity contribution is 0.0966. The van der Waals surface area contributed by atoms with E-state index in [-0.39, 0.29) is 5.91 Å². The van der Waals surface area contributed by atoms with Crippen molar-refractivity contribution in [3.8, 4) is 17.1 Å². The number of aromatic nitrogens is 2. The highest BCUT2D eigenvalue weighted by molar-refractivity contribution is 6.30. The Morgan fingerprint density at radius 2 is 1.65 bits per heavy atom. The first-order chi connectivity index (χ1) is 12.7. The van der Waals surface area contributed by atoms with Crippen molar-refractivity contribution in [2.45, 2.75) is 0 Å². The molecular weight excluding hydrogens is 348 g/mol. The van der Waals surface area contributed by atoms with Crippen molar-refractivity contribution in [3.63, 3.8) is 0 Å². The SMILES string of the molecule is COc1ccc(-c2nc3ccccc3n2C(=O)c2ccc(Cl)cc2)cc1. The van der Waals surface area contributed by atoms with Gasteiger partial charge in [-0.05, 0) is 60.7 Å². The predicted octanol–water partition coefficient (Wildman–Crippen LogP) is 5.05. The highest BCUT2D eigenvalue weighted by atomic mass is 35.5. The van der Waals surface area contributed by atoms with Crippen molar-refractivity contribution in [2.24, 2.45) is 0 Å². The molecular formula is C21H15ClN2O2. The number of nitrogens with zero attached hydrogens (tertiary/aromatic N) is 2. The molecule has 0 aliphatic carbocycles. The maximum absolute atomic E-state index is 13.2. The predicted molar refractivity (Wildman–Crippen MR) is 103 cm³/mol. The molecule has 0 N–H and O–H groups in total. The molecule has 0 fully saturated rings. The van der Waals surface area contributed by atoms with Crippen molar-refractivity contribution in [2.75, 3.05) is 7.11 Å². The number of carbonyl (C=O) groups excluding carboxylic acids is 1. The van der Waals surface area contributed by atoms with Crippen LogP contribution >= 0.6 is 11.6 Å². The van der Waals surface area contributed by atoms with E-state index < -0.39 is 0 Å². The zero-order chi connectivity index (χ0) is 18.1. The van der Waals surface area contributed by atoms with Crippen LogP contribution in [0, 0.1) is 0 Å². The van der Waals surface area contributed by atoms with Crippen LogP contribution in [-0.2, 0) is 0 Å². The minimum absolute atomic E-state index is 0.152. The van der Waals surface area contributed by atoms with E-state index in [0.717, 1.165) is 22.3 Å². The molecule has 0 unspecified atom stereocenters. The first kappa shape index (κ1) is 16.4. The van der Waals surface area contributed by atoms with Gasteiger partial charge in [0.1, 0.15) is 11.6 Å². The molecule has 0 saturated carbocycles. The van der Waals surface area contributed by atoms with Gasteiger partial charge in [-0.2, -0.15) is 0 Å². The lowest BCUT2D eigenvalue weighted by Crippen LogP contribution is -2.13. The second kappa shape index (κ2) is 6.65. The smallest absolute Gasteiger partial charge is 0.264 e. The van der Waals surface area contributed by atoms with E-state index in [1.165, 1.54) is 0 Å². The van der Waals surface area contributed by atoms with Gasteiger partial charge in [-0.25, -0.2) is 4.98 Å². The van der Waals surface area contributed by atoms with Crippen LogP contribution in [0.15, 0.2) is 72.8 Å². The summed E-state index contributed by atoms with van der Waals surface area (Å²) in [4.78, 5) is 17.9. The molecule has 0 atom stereocenters. The molecule has 0 amide bonds. The first-order valence-electron chi connectivity index (χ1n) is 8.09. The van der Waals surface area contributed by atoms with E-state index in [0.29, 0.717) is 16.4 Å². The third kappa shape index (κ3) is 2.85. The average molecular weight is 363 g/mol. The van der Waals surface area contributed by atoms with Crippen LogP contribution in [0.2, 0.25) is 5.02 Å². The average Bonchev–Trinajstić information content (AvgIpc) is 3.07. The van der Waals surface area contributed by atoms with E-state index in [1.807, 2.05) is 48.5 Å². The third-order valence-corrected chi connectivity index (χ3v) is 4.46. The Hall–Kier alpha value is -3.11. The maximum Gasteiger partial charge on any atom is 0.264 e. The van der Waals surface area contributed by atoms with Crippen LogP contribution in [0.4, 0.5) is 0 Å². The van der Waals surface area contributed by atoms with Gasteiger partial charge in [0, 0.05) is 16.1 Å². The number of hydrogen-bond donors (Lipinski definition) is 0. The molecule has 1 aromatic heterocycles. The summed E-state index contributed by atoms with van der Waals surface area (Å²) < 4.78 is 6.85. The monoisotopic (exact) mass is 362 g/mol. The van der Waals surface area contributed by atoms with Gasteiger partial charge in [0.25, 0.3) is 5.91 Å². The van der Waals surface area contributed by atoms with Crippen LogP contribution in [0.3, 0.4) is 0 Å². The summed E-state index contributed by atoms with van der Waals surface area (Å²) in [6, 6.07) is 21.9. The zero-order valence-electron chi connectivity index (χ0n) is 14.0. The lowest BCUT2D eigenvalue weighted by atomic mass is 10.1. The van der Waals surface area contributed by atoms with Crippen LogP contribution in [0.25, 0.3) is 22.4 Å². The molecule has 0 aliphatic rings. The fourth-order valence-corrected chi connectivity index (χ4v) is 3.01. The van der Waals surface area contributed by atoms with Crippen molar-refractivity contribution >= 4 is 28.5 Å². The summed E-state index contributed by atoms with van der Waals surface area (Å²) in [5.74, 6) is 1.19. The molecule has 1 heterocycles. The molecule has 0 bridgehead atoms. The molecule has 0 aliphatic heterocycles. The van der Waals surface area contributed by atoms with Gasteiger partial charge in [0.2, 0.25) is 0 Å². The molecule has 0 saturated heterocycles. The summed E-state index contributed by atoms with van der Waals surface area (Å²) in [5, 5.41) is 0.590. The first-order valence-corrected chi connectivity index (χ1v) is 8.47. The van der Waals surface area contributed by atoms with E-state index in [2.05, 4.69) is 4.98 Å². The molecule has 0 radical (unpaired) electrons. The van der Waals surface area contributed by atoms with Crippen molar-refractivity contribution in [3.05, 3.63) is 83.4 Å². The fourth-order valence-electron chi connectivity index (χ4n) is 2.89. The summed E-state index contributed by atoms with van der Waals surface area (Å²) in [7, 11) is 1.62. The van der Waals surface area contributed by atoms with Crippen LogP contribution in [0.5, 0.6) is 5.75 Å². The molecule has 4 rings (SSSR count). The Morgan fingerprint density at radius 3 is 2.35 bits per heavy atom. The Morgan fingerprint density at radius 1 is 0.962 bits per heavy atom. The molecule has 4 aromatic rings. The van der Waals surface area contributed by atoms with Gasteiger partial charge in [0.05, 0.1) is 18.1 Å². The number of benzene rings is 3. The van der Waals surface area contributed by atoms with Gasteiger partial charge in [-0.15, -0.1) is 0 Å². The summed E-state index contributed by atoms with van der Waals surface area (Å²) >= 11 is 5.95. The number of imidazole rings is 1. The molecule has 3 aromatic carbocycles. The molecule has 26 heavy (non-hydrogen) atoms. The normalized spacial score (nSPS) is 10.8. The minimum Gasteiger partial charge on any atom is -0.497 e. The number of hydrogen-bond acceptors (Lipinski definition) is 3. The van der Waals surface area contributed by atoms with Crippen LogP contribution in [0.1, 0.15) is 10.4 Å². The van der Waals surface area contributed by atoms with E-state index in [4.69, 9.17) is 16.3 Å². The number of fused-ring (bicyclic) bond motifs is 1. The highest BCUT2D eigenvalue weighted by Gasteiger charge is 2.19. The standard InChI is InChI=1S/C21H15ClN2O2/c1-26-17-12-8-14(9-13-17)20-23-18-4-2-3-5-19(18)24(20)21(25)15-6-10-16(22)11-7-15/h2-13H,1H3. The Labute approximate surface area is 155 Å². The second-order valence-corrected chi connectivity index (χ2v) is 6.24. The van der Waals surface area contributed by atoms with Gasteiger partial charge in [-0.3, -0.25) is 9.36 Å². The lowest BCUT2D eigenvalue weighted by Gasteiger charge is -2.09. The second-order valence-electron chi connectivity index (χ2n) is 5.80. The number of ether oxygens (including phenoxy) is 1. The summed E-state index contributed by atoms with van der Waals surface area (Å²) in [5.41, 5.74) is 2.91. The quantitative estimate of drug-likeness (QED) is 0.512. The Balaban J connectivity index is 1.91. The van der Waals surface area contributed by atoms with Gasteiger partial charge in [0.15, 0.2) is 0 Å². The maximum atomic E-state index is 13.2. The van der Waals surface area contributed by atoms with Gasteiger partial charge >= 0.3 is 0 Å². The van der Waals surface area contributed by atoms with Gasteiger partial charge in [-0.1, -0.05) is 23.7 Å². The number of halogens is 1. The van der Waals surface area contributed by atoms with Crippen molar-refractivity contribution < 1.29 is 9.53 Å². The topological polar surface area (TPSA) is 44.1 Å². The summed E-state index contributed by atoms with van der Waals surface area (Å²) in [6.45, 7) is 0. The number of carbonyl (C=O) groups is 1. The number of para-hydroxylation sites is 2. The van der Waals surface area contributed by atoms with E-state index in [9.17, 15) is 4.79 Å². The van der Waals surface area contributed by atoms with Crippen LogP contribution in [-0.4, -0.2) is 22.6 Å². The van der Waals surface area contributed by atoms with Gasteiger partial charge < -0.3 is 4.74 Å². The third-order valence-electron chi connectivity index (χ3n) is 4.20. The molecule has 0 spiro atoms.